The van der Waals surface area contributed by atoms with Crippen molar-refractivity contribution in [2.45, 2.75) is 39.2 Å². The Balaban J connectivity index is 2.83. The first kappa shape index (κ1) is 14.7. The maximum atomic E-state index is 13.8. The minimum absolute atomic E-state index is 0.0310. The molecule has 0 aliphatic carbocycles. The van der Waals surface area contributed by atoms with E-state index in [0.717, 1.165) is 24.0 Å². The maximum Gasteiger partial charge on any atom is 0.165 e. The predicted octanol–water partition coefficient (Wildman–Crippen LogP) is 3.45. The molecule has 1 unspecified atom stereocenters. The van der Waals surface area contributed by atoms with Gasteiger partial charge in [-0.3, -0.25) is 0 Å². The van der Waals surface area contributed by atoms with Gasteiger partial charge >= 0.3 is 0 Å². The van der Waals surface area contributed by atoms with Gasteiger partial charge in [-0.25, -0.2) is 4.39 Å². The van der Waals surface area contributed by atoms with Crippen LogP contribution >= 0.6 is 0 Å². The summed E-state index contributed by atoms with van der Waals surface area (Å²) in [4.78, 5) is 0. The van der Waals surface area contributed by atoms with Crippen LogP contribution in [0.1, 0.15) is 32.3 Å². The molecular formula is C15H22FNO. The molecule has 2 nitrogen and oxygen atoms in total. The van der Waals surface area contributed by atoms with E-state index in [2.05, 4.69) is 6.58 Å². The third-order valence-corrected chi connectivity index (χ3v) is 2.98. The van der Waals surface area contributed by atoms with Crippen LogP contribution in [0.5, 0.6) is 5.75 Å². The van der Waals surface area contributed by atoms with Crippen LogP contribution in [0.15, 0.2) is 30.4 Å². The summed E-state index contributed by atoms with van der Waals surface area (Å²) >= 11 is 0. The van der Waals surface area contributed by atoms with E-state index in [9.17, 15) is 4.39 Å². The molecular weight excluding hydrogens is 229 g/mol. The number of ether oxygens (including phenoxy) is 1. The lowest BCUT2D eigenvalue weighted by Crippen LogP contribution is -2.22. The molecule has 0 amide bonds. The van der Waals surface area contributed by atoms with Gasteiger partial charge in [0.2, 0.25) is 0 Å². The number of rotatable bonds is 7. The van der Waals surface area contributed by atoms with Crippen molar-refractivity contribution < 1.29 is 9.13 Å². The van der Waals surface area contributed by atoms with E-state index in [-0.39, 0.29) is 11.9 Å². The Morgan fingerprint density at radius 2 is 2.17 bits per heavy atom. The fourth-order valence-corrected chi connectivity index (χ4v) is 1.58. The second kappa shape index (κ2) is 7.17. The molecule has 2 N–H and O–H groups in total. The van der Waals surface area contributed by atoms with Crippen molar-refractivity contribution in [1.29, 1.82) is 0 Å². The molecule has 3 heteroatoms. The van der Waals surface area contributed by atoms with E-state index in [1.54, 1.807) is 6.07 Å². The van der Waals surface area contributed by atoms with Crippen molar-refractivity contribution >= 4 is 0 Å². The molecule has 0 fully saturated rings. The number of halogens is 1. The zero-order valence-corrected chi connectivity index (χ0v) is 11.2. The second-order valence-corrected chi connectivity index (χ2v) is 4.49. The van der Waals surface area contributed by atoms with Crippen LogP contribution < -0.4 is 10.5 Å². The van der Waals surface area contributed by atoms with Gasteiger partial charge in [0.15, 0.2) is 11.6 Å². The molecule has 0 aliphatic heterocycles. The number of hydrogen-bond acceptors (Lipinski definition) is 2. The molecule has 1 atom stereocenters. The molecule has 0 radical (unpaired) electrons. The minimum Gasteiger partial charge on any atom is -0.486 e. The van der Waals surface area contributed by atoms with Crippen molar-refractivity contribution in [1.82, 2.24) is 0 Å². The largest absolute Gasteiger partial charge is 0.486 e. The molecule has 0 aromatic heterocycles. The molecule has 1 aromatic carbocycles. The van der Waals surface area contributed by atoms with E-state index < -0.39 is 0 Å². The Morgan fingerprint density at radius 3 is 2.78 bits per heavy atom. The molecule has 0 saturated heterocycles. The summed E-state index contributed by atoms with van der Waals surface area (Å²) < 4.78 is 19.3. The number of benzene rings is 1. The Kier molecular flexibility index (Phi) is 5.86. The SMILES string of the molecule is C=C(CC)COc1c(F)cccc1CC(N)CC. The molecule has 0 spiro atoms. The highest BCUT2D eigenvalue weighted by molar-refractivity contribution is 5.36. The van der Waals surface area contributed by atoms with Crippen molar-refractivity contribution in [3.8, 4) is 5.75 Å². The quantitative estimate of drug-likeness (QED) is 0.753. The van der Waals surface area contributed by atoms with Gasteiger partial charge in [-0.2, -0.15) is 0 Å². The lowest BCUT2D eigenvalue weighted by molar-refractivity contribution is 0.324. The predicted molar refractivity (Wildman–Crippen MR) is 73.3 cm³/mol. The summed E-state index contributed by atoms with van der Waals surface area (Å²) in [5.74, 6) is -0.0179. The first-order valence-corrected chi connectivity index (χ1v) is 6.40. The summed E-state index contributed by atoms with van der Waals surface area (Å²) in [5.41, 5.74) is 7.69. The van der Waals surface area contributed by atoms with Crippen LogP contribution in [-0.4, -0.2) is 12.6 Å². The second-order valence-electron chi connectivity index (χ2n) is 4.49. The third kappa shape index (κ3) is 4.15. The van der Waals surface area contributed by atoms with Gasteiger partial charge in [0.05, 0.1) is 0 Å². The van der Waals surface area contributed by atoms with Gasteiger partial charge in [0.1, 0.15) is 6.61 Å². The van der Waals surface area contributed by atoms with Gasteiger partial charge < -0.3 is 10.5 Å². The van der Waals surface area contributed by atoms with E-state index in [0.29, 0.717) is 18.8 Å². The molecule has 0 saturated carbocycles. The van der Waals surface area contributed by atoms with Crippen molar-refractivity contribution in [3.63, 3.8) is 0 Å². The maximum absolute atomic E-state index is 13.8. The van der Waals surface area contributed by atoms with Crippen molar-refractivity contribution in [3.05, 3.63) is 41.7 Å². The highest BCUT2D eigenvalue weighted by Gasteiger charge is 2.12. The molecule has 0 heterocycles. The summed E-state index contributed by atoms with van der Waals surface area (Å²) in [5, 5.41) is 0. The zero-order valence-electron chi connectivity index (χ0n) is 11.2. The van der Waals surface area contributed by atoms with Crippen LogP contribution in [0.4, 0.5) is 4.39 Å². The topological polar surface area (TPSA) is 35.2 Å². The fraction of sp³-hybridized carbons (Fsp3) is 0.467. The van der Waals surface area contributed by atoms with Gasteiger partial charge in [-0.15, -0.1) is 0 Å². The average Bonchev–Trinajstić information content (AvgIpc) is 2.37. The normalized spacial score (nSPS) is 12.2. The lowest BCUT2D eigenvalue weighted by Gasteiger charge is -2.15. The molecule has 1 rings (SSSR count). The molecule has 100 valence electrons. The van der Waals surface area contributed by atoms with Gasteiger partial charge in [-0.1, -0.05) is 32.6 Å². The van der Waals surface area contributed by atoms with Gasteiger partial charge in [0.25, 0.3) is 0 Å². The Bertz CT molecular complexity index is 403. The minimum atomic E-state index is -0.334. The number of nitrogens with two attached hydrogens (primary N) is 1. The van der Waals surface area contributed by atoms with Crippen LogP contribution in [0.2, 0.25) is 0 Å². The van der Waals surface area contributed by atoms with E-state index >= 15 is 0 Å². The molecule has 18 heavy (non-hydrogen) atoms. The third-order valence-electron chi connectivity index (χ3n) is 2.98. The summed E-state index contributed by atoms with van der Waals surface area (Å²) in [6.45, 7) is 8.22. The van der Waals surface area contributed by atoms with E-state index in [1.807, 2.05) is 19.9 Å². The highest BCUT2D eigenvalue weighted by atomic mass is 19.1. The first-order chi connectivity index (χ1) is 8.58. The van der Waals surface area contributed by atoms with Gasteiger partial charge in [0, 0.05) is 6.04 Å². The Hall–Kier alpha value is -1.35. The molecule has 0 bridgehead atoms. The highest BCUT2D eigenvalue weighted by Crippen LogP contribution is 2.24. The van der Waals surface area contributed by atoms with Gasteiger partial charge in [-0.05, 0) is 36.5 Å². The summed E-state index contributed by atoms with van der Waals surface area (Å²) in [6, 6.07) is 4.99. The standard InChI is InChI=1S/C15H22FNO/c1-4-11(3)10-18-15-12(9-13(17)5-2)7-6-8-14(15)16/h6-8,13H,3-5,9-10,17H2,1-2H3. The molecule has 1 aromatic rings. The van der Waals surface area contributed by atoms with Crippen LogP contribution in [-0.2, 0) is 6.42 Å². The monoisotopic (exact) mass is 251 g/mol. The van der Waals surface area contributed by atoms with Crippen molar-refractivity contribution in [2.24, 2.45) is 5.73 Å². The Labute approximate surface area is 109 Å². The average molecular weight is 251 g/mol. The lowest BCUT2D eigenvalue weighted by atomic mass is 10.0. The number of hydrogen-bond donors (Lipinski definition) is 1. The first-order valence-electron chi connectivity index (χ1n) is 6.40. The van der Waals surface area contributed by atoms with Crippen LogP contribution in [0, 0.1) is 5.82 Å². The summed E-state index contributed by atoms with van der Waals surface area (Å²) in [6.07, 6.45) is 2.32. The van der Waals surface area contributed by atoms with E-state index in [1.165, 1.54) is 6.07 Å². The number of para-hydroxylation sites is 1. The van der Waals surface area contributed by atoms with Crippen LogP contribution in [0.25, 0.3) is 0 Å². The fourth-order valence-electron chi connectivity index (χ4n) is 1.58. The smallest absolute Gasteiger partial charge is 0.165 e. The summed E-state index contributed by atoms with van der Waals surface area (Å²) in [7, 11) is 0. The molecule has 0 aliphatic rings. The Morgan fingerprint density at radius 1 is 1.44 bits per heavy atom. The zero-order chi connectivity index (χ0) is 13.5. The van der Waals surface area contributed by atoms with E-state index in [4.69, 9.17) is 10.5 Å². The van der Waals surface area contributed by atoms with Crippen molar-refractivity contribution in [2.75, 3.05) is 6.61 Å². The van der Waals surface area contributed by atoms with Crippen LogP contribution in [0.3, 0.4) is 0 Å².